The molecule has 134 valence electrons. The standard InChI is InChI=1S/C19H19FN4O2/c20-16-4-3-13(7-14(16)8-21)19(25)23-17-5-6-26-18(17)15-9-22-24(11-15)10-12-1-2-12/h3-4,7,9,11-12,17-18H,1-2,5-6,10H2,(H,23,25)/t17-,18+/m0/s1. The third-order valence-corrected chi connectivity index (χ3v) is 4.88. The summed E-state index contributed by atoms with van der Waals surface area (Å²) in [5, 5.41) is 16.3. The van der Waals surface area contributed by atoms with Crippen molar-refractivity contribution in [2.75, 3.05) is 6.61 Å². The van der Waals surface area contributed by atoms with Crippen LogP contribution in [0.1, 0.15) is 46.9 Å². The SMILES string of the molecule is N#Cc1cc(C(=O)N[C@H]2CCO[C@@H]2c2cnn(CC3CC3)c2)ccc1F. The van der Waals surface area contributed by atoms with E-state index in [4.69, 9.17) is 10.00 Å². The predicted octanol–water partition coefficient (Wildman–Crippen LogP) is 2.56. The van der Waals surface area contributed by atoms with Gasteiger partial charge in [0.25, 0.3) is 5.91 Å². The van der Waals surface area contributed by atoms with E-state index in [1.165, 1.54) is 25.0 Å². The van der Waals surface area contributed by atoms with E-state index in [2.05, 4.69) is 10.4 Å². The fourth-order valence-electron chi connectivity index (χ4n) is 3.26. The molecule has 1 N–H and O–H groups in total. The average Bonchev–Trinajstić information content (AvgIpc) is 3.13. The van der Waals surface area contributed by atoms with Crippen LogP contribution >= 0.6 is 0 Å². The molecule has 2 aliphatic rings. The Bertz CT molecular complexity index is 869. The first-order chi connectivity index (χ1) is 12.6. The van der Waals surface area contributed by atoms with E-state index in [-0.39, 0.29) is 29.2 Å². The van der Waals surface area contributed by atoms with Crippen molar-refractivity contribution in [2.24, 2.45) is 5.92 Å². The van der Waals surface area contributed by atoms with Crippen molar-refractivity contribution in [3.05, 3.63) is 53.1 Å². The van der Waals surface area contributed by atoms with E-state index in [9.17, 15) is 9.18 Å². The van der Waals surface area contributed by atoms with Crippen LogP contribution in [-0.4, -0.2) is 28.3 Å². The van der Waals surface area contributed by atoms with Gasteiger partial charge in [0, 0.05) is 30.5 Å². The average molecular weight is 354 g/mol. The van der Waals surface area contributed by atoms with Gasteiger partial charge in [0.2, 0.25) is 0 Å². The van der Waals surface area contributed by atoms with Crippen molar-refractivity contribution in [3.8, 4) is 6.07 Å². The van der Waals surface area contributed by atoms with Gasteiger partial charge in [-0.1, -0.05) is 0 Å². The number of amides is 1. The summed E-state index contributed by atoms with van der Waals surface area (Å²) in [6, 6.07) is 5.35. The Hall–Kier alpha value is -2.72. The van der Waals surface area contributed by atoms with Gasteiger partial charge in [0.05, 0.1) is 17.8 Å². The number of hydrogen-bond acceptors (Lipinski definition) is 4. The number of carbonyl (C=O) groups excluding carboxylic acids is 1. The molecule has 7 heteroatoms. The lowest BCUT2D eigenvalue weighted by molar-refractivity contribution is 0.0821. The van der Waals surface area contributed by atoms with Crippen LogP contribution in [0.15, 0.2) is 30.6 Å². The Labute approximate surface area is 150 Å². The number of ether oxygens (including phenoxy) is 1. The zero-order valence-electron chi connectivity index (χ0n) is 14.2. The third kappa shape index (κ3) is 3.46. The molecule has 2 fully saturated rings. The lowest BCUT2D eigenvalue weighted by atomic mass is 10.0. The van der Waals surface area contributed by atoms with Crippen LogP contribution in [0.4, 0.5) is 4.39 Å². The first-order valence-electron chi connectivity index (χ1n) is 8.78. The molecular formula is C19H19FN4O2. The summed E-state index contributed by atoms with van der Waals surface area (Å²) in [6.07, 6.45) is 6.74. The van der Waals surface area contributed by atoms with Crippen LogP contribution in [0.5, 0.6) is 0 Å². The largest absolute Gasteiger partial charge is 0.371 e. The summed E-state index contributed by atoms with van der Waals surface area (Å²) >= 11 is 0. The molecule has 0 bridgehead atoms. The minimum Gasteiger partial charge on any atom is -0.371 e. The van der Waals surface area contributed by atoms with Crippen molar-refractivity contribution < 1.29 is 13.9 Å². The fraction of sp³-hybridized carbons (Fsp3) is 0.421. The molecule has 1 amide bonds. The molecule has 2 heterocycles. The Morgan fingerprint density at radius 3 is 3.04 bits per heavy atom. The van der Waals surface area contributed by atoms with Crippen molar-refractivity contribution in [1.29, 1.82) is 5.26 Å². The Morgan fingerprint density at radius 2 is 2.27 bits per heavy atom. The summed E-state index contributed by atoms with van der Waals surface area (Å²) < 4.78 is 21.2. The van der Waals surface area contributed by atoms with Gasteiger partial charge < -0.3 is 10.1 Å². The lowest BCUT2D eigenvalue weighted by Crippen LogP contribution is -2.36. The zero-order chi connectivity index (χ0) is 18.1. The van der Waals surface area contributed by atoms with Gasteiger partial charge in [-0.15, -0.1) is 0 Å². The molecule has 1 aromatic heterocycles. The smallest absolute Gasteiger partial charge is 0.251 e. The first kappa shape index (κ1) is 16.7. The maximum absolute atomic E-state index is 13.4. The molecule has 26 heavy (non-hydrogen) atoms. The van der Waals surface area contributed by atoms with E-state index >= 15 is 0 Å². The normalized spacial score (nSPS) is 22.2. The van der Waals surface area contributed by atoms with Crippen LogP contribution in [0.2, 0.25) is 0 Å². The maximum atomic E-state index is 13.4. The van der Waals surface area contributed by atoms with E-state index in [0.717, 1.165) is 24.1 Å². The number of nitriles is 1. The maximum Gasteiger partial charge on any atom is 0.251 e. The van der Waals surface area contributed by atoms with Crippen LogP contribution in [0, 0.1) is 23.1 Å². The second kappa shape index (κ2) is 6.89. The van der Waals surface area contributed by atoms with Crippen molar-refractivity contribution in [2.45, 2.75) is 38.0 Å². The molecule has 0 unspecified atom stereocenters. The number of carbonyl (C=O) groups is 1. The molecule has 0 spiro atoms. The predicted molar refractivity (Wildman–Crippen MR) is 90.6 cm³/mol. The van der Waals surface area contributed by atoms with Gasteiger partial charge in [-0.05, 0) is 43.4 Å². The molecule has 1 aliphatic carbocycles. The third-order valence-electron chi connectivity index (χ3n) is 4.88. The van der Waals surface area contributed by atoms with E-state index < -0.39 is 5.82 Å². The Kier molecular flexibility index (Phi) is 4.43. The molecule has 1 saturated carbocycles. The number of rotatable bonds is 5. The van der Waals surface area contributed by atoms with E-state index in [1.807, 2.05) is 10.9 Å². The van der Waals surface area contributed by atoms with Gasteiger partial charge in [-0.25, -0.2) is 4.39 Å². The monoisotopic (exact) mass is 354 g/mol. The summed E-state index contributed by atoms with van der Waals surface area (Å²) in [7, 11) is 0. The van der Waals surface area contributed by atoms with Gasteiger partial charge in [0.1, 0.15) is 18.0 Å². The summed E-state index contributed by atoms with van der Waals surface area (Å²) in [5.74, 6) is -0.239. The molecular weight excluding hydrogens is 335 g/mol. The summed E-state index contributed by atoms with van der Waals surface area (Å²) in [4.78, 5) is 12.5. The van der Waals surface area contributed by atoms with Crippen LogP contribution < -0.4 is 5.32 Å². The van der Waals surface area contributed by atoms with Crippen LogP contribution in [-0.2, 0) is 11.3 Å². The molecule has 2 atom stereocenters. The second-order valence-corrected chi connectivity index (χ2v) is 6.91. The lowest BCUT2D eigenvalue weighted by Gasteiger charge is -2.19. The number of hydrogen-bond donors (Lipinski definition) is 1. The van der Waals surface area contributed by atoms with Crippen LogP contribution in [0.3, 0.4) is 0 Å². The number of benzene rings is 1. The molecule has 1 saturated heterocycles. The highest BCUT2D eigenvalue weighted by Crippen LogP contribution is 2.32. The van der Waals surface area contributed by atoms with Gasteiger partial charge in [0.15, 0.2) is 0 Å². The van der Waals surface area contributed by atoms with Crippen molar-refractivity contribution in [3.63, 3.8) is 0 Å². The Balaban J connectivity index is 1.45. The highest BCUT2D eigenvalue weighted by Gasteiger charge is 2.32. The van der Waals surface area contributed by atoms with Crippen molar-refractivity contribution in [1.82, 2.24) is 15.1 Å². The first-order valence-corrected chi connectivity index (χ1v) is 8.78. The second-order valence-electron chi connectivity index (χ2n) is 6.91. The Morgan fingerprint density at radius 1 is 1.42 bits per heavy atom. The molecule has 2 aromatic rings. The number of halogens is 1. The van der Waals surface area contributed by atoms with Gasteiger partial charge in [-0.2, -0.15) is 10.4 Å². The van der Waals surface area contributed by atoms with Gasteiger partial charge >= 0.3 is 0 Å². The minimum atomic E-state index is -0.630. The van der Waals surface area contributed by atoms with E-state index in [1.54, 1.807) is 12.3 Å². The highest BCUT2D eigenvalue weighted by atomic mass is 19.1. The zero-order valence-corrected chi connectivity index (χ0v) is 14.2. The van der Waals surface area contributed by atoms with Crippen molar-refractivity contribution >= 4 is 5.91 Å². The number of nitrogens with zero attached hydrogens (tertiary/aromatic N) is 3. The molecule has 0 radical (unpaired) electrons. The molecule has 4 rings (SSSR count). The van der Waals surface area contributed by atoms with Gasteiger partial charge in [-0.3, -0.25) is 9.48 Å². The fourth-order valence-corrected chi connectivity index (χ4v) is 3.26. The molecule has 1 aromatic carbocycles. The number of aromatic nitrogens is 2. The molecule has 1 aliphatic heterocycles. The highest BCUT2D eigenvalue weighted by molar-refractivity contribution is 5.94. The topological polar surface area (TPSA) is 79.9 Å². The quantitative estimate of drug-likeness (QED) is 0.895. The van der Waals surface area contributed by atoms with Crippen LogP contribution in [0.25, 0.3) is 0 Å². The van der Waals surface area contributed by atoms with E-state index in [0.29, 0.717) is 13.0 Å². The minimum absolute atomic E-state index is 0.141. The summed E-state index contributed by atoms with van der Waals surface area (Å²) in [5.41, 5.74) is 1.07. The number of nitrogens with one attached hydrogen (secondary N) is 1. The molecule has 6 nitrogen and oxygen atoms in total. The summed E-state index contributed by atoms with van der Waals surface area (Å²) in [6.45, 7) is 1.48.